The summed E-state index contributed by atoms with van der Waals surface area (Å²) < 4.78 is 32.4. The van der Waals surface area contributed by atoms with Gasteiger partial charge < -0.3 is 10.2 Å². The van der Waals surface area contributed by atoms with E-state index in [-0.39, 0.29) is 11.9 Å². The second-order valence-electron chi connectivity index (χ2n) is 7.77. The van der Waals surface area contributed by atoms with Crippen molar-refractivity contribution >= 4 is 17.4 Å². The summed E-state index contributed by atoms with van der Waals surface area (Å²) in [5.74, 6) is -0.263. The van der Waals surface area contributed by atoms with E-state index in [1.54, 1.807) is 29.1 Å². The molecule has 0 aliphatic carbocycles. The molecule has 3 aromatic heterocycles. The molecule has 35 heavy (non-hydrogen) atoms. The molecule has 0 aliphatic rings. The predicted octanol–water partition coefficient (Wildman–Crippen LogP) is 5.40. The molecule has 2 N–H and O–H groups in total. The fourth-order valence-corrected chi connectivity index (χ4v) is 3.74. The number of pyridine rings is 1. The quantitative estimate of drug-likeness (QED) is 0.323. The van der Waals surface area contributed by atoms with Gasteiger partial charge in [0.1, 0.15) is 11.5 Å². The Morgan fingerprint density at radius 1 is 0.914 bits per heavy atom. The number of rotatable bonds is 7. The zero-order valence-corrected chi connectivity index (χ0v) is 18.8. The molecular weight excluding hydrogens is 476 g/mol. The molecule has 1 atom stereocenters. The molecule has 0 spiro atoms. The average molecular weight is 494 g/mol. The van der Waals surface area contributed by atoms with Crippen LogP contribution >= 0.6 is 11.6 Å². The molecule has 0 saturated carbocycles. The molecular formula is C24H18ClF2N7O. The lowest BCUT2D eigenvalue weighted by atomic mass is 9.98. The highest BCUT2D eigenvalue weighted by atomic mass is 35.5. The highest BCUT2D eigenvalue weighted by molar-refractivity contribution is 6.30. The van der Waals surface area contributed by atoms with Crippen molar-refractivity contribution in [2.75, 3.05) is 5.73 Å². The van der Waals surface area contributed by atoms with E-state index in [9.17, 15) is 8.78 Å². The Labute approximate surface area is 203 Å². The fraction of sp³-hybridized carbons (Fsp3) is 0.125. The molecule has 2 aromatic carbocycles. The van der Waals surface area contributed by atoms with Crippen LogP contribution in [0.4, 0.5) is 14.6 Å². The Balaban J connectivity index is 1.47. The van der Waals surface area contributed by atoms with Gasteiger partial charge in [-0.2, -0.15) is 8.78 Å². The van der Waals surface area contributed by atoms with Gasteiger partial charge in [-0.25, -0.2) is 9.67 Å². The summed E-state index contributed by atoms with van der Waals surface area (Å²) in [5.41, 5.74) is 9.63. The van der Waals surface area contributed by atoms with Crippen LogP contribution in [0.3, 0.4) is 0 Å². The van der Waals surface area contributed by atoms with Crippen LogP contribution in [-0.4, -0.2) is 30.2 Å². The van der Waals surface area contributed by atoms with Gasteiger partial charge in [0.15, 0.2) is 0 Å². The Morgan fingerprint density at radius 3 is 2.31 bits per heavy atom. The van der Waals surface area contributed by atoms with E-state index >= 15 is 0 Å². The first-order valence-corrected chi connectivity index (χ1v) is 10.9. The minimum Gasteiger partial charge on any atom is -0.415 e. The summed E-state index contributed by atoms with van der Waals surface area (Å²) in [7, 11) is 0. The third-order valence-corrected chi connectivity index (χ3v) is 5.68. The number of aromatic nitrogens is 6. The molecule has 0 saturated heterocycles. The van der Waals surface area contributed by atoms with E-state index in [0.29, 0.717) is 28.5 Å². The molecule has 0 bridgehead atoms. The number of nitrogen functional groups attached to an aromatic ring is 1. The van der Waals surface area contributed by atoms with E-state index < -0.39 is 12.3 Å². The summed E-state index contributed by atoms with van der Waals surface area (Å²) in [5, 5.41) is 16.4. The first-order valence-electron chi connectivity index (χ1n) is 10.6. The molecule has 0 radical (unpaired) electrons. The predicted molar refractivity (Wildman–Crippen MR) is 126 cm³/mol. The number of hydrogen-bond acceptors (Lipinski definition) is 7. The molecule has 1 unspecified atom stereocenters. The molecule has 0 aliphatic heterocycles. The van der Waals surface area contributed by atoms with Gasteiger partial charge in [-0.1, -0.05) is 41.1 Å². The zero-order valence-electron chi connectivity index (χ0n) is 18.1. The van der Waals surface area contributed by atoms with Crippen molar-refractivity contribution in [1.29, 1.82) is 0 Å². The third-order valence-electron chi connectivity index (χ3n) is 5.42. The molecule has 5 aromatic rings. The van der Waals surface area contributed by atoms with Crippen molar-refractivity contribution in [3.8, 4) is 22.7 Å². The summed E-state index contributed by atoms with van der Waals surface area (Å²) in [6.45, 7) is 0. The minimum absolute atomic E-state index is 0.0278. The maximum absolute atomic E-state index is 12.8. The van der Waals surface area contributed by atoms with Crippen molar-refractivity contribution in [3.05, 3.63) is 95.1 Å². The average Bonchev–Trinajstić information content (AvgIpc) is 3.55. The molecule has 5 rings (SSSR count). The highest BCUT2D eigenvalue weighted by Gasteiger charge is 2.20. The van der Waals surface area contributed by atoms with Gasteiger partial charge in [-0.15, -0.1) is 15.3 Å². The number of nitrogens with two attached hydrogens (primary N) is 1. The number of halogens is 3. The van der Waals surface area contributed by atoms with Crippen LogP contribution in [0.15, 0.2) is 77.5 Å². The van der Waals surface area contributed by atoms with Crippen molar-refractivity contribution in [2.45, 2.75) is 18.9 Å². The van der Waals surface area contributed by atoms with Gasteiger partial charge in [0, 0.05) is 22.3 Å². The lowest BCUT2D eigenvalue weighted by Gasteiger charge is -2.18. The summed E-state index contributed by atoms with van der Waals surface area (Å²) in [4.78, 5) is 4.12. The van der Waals surface area contributed by atoms with Crippen molar-refractivity contribution < 1.29 is 13.2 Å². The van der Waals surface area contributed by atoms with E-state index in [1.807, 2.05) is 48.7 Å². The fourth-order valence-electron chi connectivity index (χ4n) is 3.61. The molecule has 0 fully saturated rings. The number of hydrogen-bond donors (Lipinski definition) is 1. The number of nitrogens with zero attached hydrogens (tertiary/aromatic N) is 6. The van der Waals surface area contributed by atoms with Crippen LogP contribution < -0.4 is 5.73 Å². The summed E-state index contributed by atoms with van der Waals surface area (Å²) in [6, 6.07) is 18.1. The second kappa shape index (κ2) is 9.59. The van der Waals surface area contributed by atoms with E-state index in [2.05, 4.69) is 25.5 Å². The second-order valence-corrected chi connectivity index (χ2v) is 8.21. The largest absolute Gasteiger partial charge is 0.415 e. The van der Waals surface area contributed by atoms with Gasteiger partial charge in [0.25, 0.3) is 5.89 Å². The number of anilines is 1. The Hall–Kier alpha value is -4.18. The number of benzene rings is 2. The smallest absolute Gasteiger partial charge is 0.314 e. The third kappa shape index (κ3) is 5.02. The normalized spacial score (nSPS) is 12.2. The summed E-state index contributed by atoms with van der Waals surface area (Å²) in [6.07, 6.45) is 1.27. The van der Waals surface area contributed by atoms with Gasteiger partial charge >= 0.3 is 6.43 Å². The summed E-state index contributed by atoms with van der Waals surface area (Å²) >= 11 is 6.05. The molecule has 0 amide bonds. The Bertz CT molecular complexity index is 1420. The monoisotopic (exact) mass is 493 g/mol. The van der Waals surface area contributed by atoms with Crippen molar-refractivity contribution in [3.63, 3.8) is 0 Å². The lowest BCUT2D eigenvalue weighted by Crippen LogP contribution is -2.14. The Morgan fingerprint density at radius 2 is 1.66 bits per heavy atom. The zero-order chi connectivity index (χ0) is 24.4. The minimum atomic E-state index is -2.82. The standard InChI is InChI=1S/C24H18ClF2N7O/c25-18-8-1-14(2-9-18)11-20(34-13-19(30-33-34)17-7-10-21(28)29-12-17)15-3-5-16(6-4-15)23-31-32-24(35-23)22(26)27/h1-10,12-13,20,22H,11H2,(H2,28,29). The van der Waals surface area contributed by atoms with Crippen LogP contribution in [0.25, 0.3) is 22.7 Å². The molecule has 176 valence electrons. The van der Waals surface area contributed by atoms with Gasteiger partial charge in [-0.05, 0) is 53.9 Å². The van der Waals surface area contributed by atoms with Crippen molar-refractivity contribution in [1.82, 2.24) is 30.2 Å². The molecule has 3 heterocycles. The van der Waals surface area contributed by atoms with E-state index in [4.69, 9.17) is 21.8 Å². The number of alkyl halides is 2. The lowest BCUT2D eigenvalue weighted by molar-refractivity contribution is 0.116. The van der Waals surface area contributed by atoms with Crippen molar-refractivity contribution in [2.24, 2.45) is 0 Å². The van der Waals surface area contributed by atoms with Gasteiger partial charge in [0.2, 0.25) is 5.89 Å². The maximum atomic E-state index is 12.8. The van der Waals surface area contributed by atoms with Crippen LogP contribution in [0.2, 0.25) is 5.02 Å². The van der Waals surface area contributed by atoms with Gasteiger partial charge in [-0.3, -0.25) is 0 Å². The molecule has 8 nitrogen and oxygen atoms in total. The maximum Gasteiger partial charge on any atom is 0.314 e. The van der Waals surface area contributed by atoms with E-state index in [0.717, 1.165) is 16.7 Å². The van der Waals surface area contributed by atoms with Crippen LogP contribution in [0, 0.1) is 0 Å². The molecule has 11 heteroatoms. The van der Waals surface area contributed by atoms with Gasteiger partial charge in [0.05, 0.1) is 12.2 Å². The highest BCUT2D eigenvalue weighted by Crippen LogP contribution is 2.29. The van der Waals surface area contributed by atoms with Crippen LogP contribution in [0.1, 0.15) is 29.5 Å². The van der Waals surface area contributed by atoms with Crippen LogP contribution in [0.5, 0.6) is 0 Å². The SMILES string of the molecule is Nc1ccc(-c2cn(C(Cc3ccc(Cl)cc3)c3ccc(-c4nnc(C(F)F)o4)cc3)nn2)cn1. The van der Waals surface area contributed by atoms with Crippen LogP contribution in [-0.2, 0) is 6.42 Å². The first kappa shape index (κ1) is 22.6. The van der Waals surface area contributed by atoms with E-state index in [1.165, 1.54) is 0 Å². The first-order chi connectivity index (χ1) is 17.0. The topological polar surface area (TPSA) is 109 Å². The Kier molecular flexibility index (Phi) is 6.19.